The monoisotopic (exact) mass is 243 g/mol. The quantitative estimate of drug-likeness (QED) is 0.825. The van der Waals surface area contributed by atoms with Gasteiger partial charge in [0.25, 0.3) is 0 Å². The number of halogens is 3. The molecule has 0 unspecified atom stereocenters. The smallest absolute Gasteiger partial charge is 0.324 e. The molecular weight excluding hydrogens is 235 g/mol. The highest BCUT2D eigenvalue weighted by atomic mass is 19.4. The van der Waals surface area contributed by atoms with Crippen molar-refractivity contribution in [3.05, 3.63) is 29.3 Å². The van der Waals surface area contributed by atoms with Gasteiger partial charge < -0.3 is 11.1 Å². The van der Waals surface area contributed by atoms with Gasteiger partial charge in [-0.25, -0.2) is 0 Å². The number of carbonyl (C=O) groups is 1. The van der Waals surface area contributed by atoms with Gasteiger partial charge in [-0.1, -0.05) is 0 Å². The summed E-state index contributed by atoms with van der Waals surface area (Å²) in [5, 5.41) is 10.9. The molecule has 90 valence electrons. The van der Waals surface area contributed by atoms with Gasteiger partial charge in [-0.2, -0.15) is 18.4 Å². The Morgan fingerprint density at radius 2 is 2.12 bits per heavy atom. The SMILES string of the molecule is N#Cc1cc(C(F)(F)F)ccc1NC(=O)CN. The molecule has 0 radical (unpaired) electrons. The van der Waals surface area contributed by atoms with Crippen LogP contribution in [0.15, 0.2) is 18.2 Å². The number of nitrogens with two attached hydrogens (primary N) is 1. The minimum Gasteiger partial charge on any atom is -0.324 e. The summed E-state index contributed by atoms with van der Waals surface area (Å²) < 4.78 is 37.0. The first-order chi connectivity index (χ1) is 7.88. The number of nitriles is 1. The number of nitrogens with zero attached hydrogens (tertiary/aromatic N) is 1. The second-order valence-electron chi connectivity index (χ2n) is 3.12. The molecule has 0 aromatic heterocycles. The molecule has 0 heterocycles. The standard InChI is InChI=1S/C10H8F3N3O/c11-10(12,13)7-1-2-8(6(3-7)4-14)16-9(17)5-15/h1-3H,5,15H2,(H,16,17). The lowest BCUT2D eigenvalue weighted by Crippen LogP contribution is -2.22. The summed E-state index contributed by atoms with van der Waals surface area (Å²) in [6, 6.07) is 4.06. The van der Waals surface area contributed by atoms with Crippen LogP contribution in [0.25, 0.3) is 0 Å². The van der Waals surface area contributed by atoms with Crippen LogP contribution in [0.1, 0.15) is 11.1 Å². The molecule has 3 N–H and O–H groups in total. The number of carbonyl (C=O) groups excluding carboxylic acids is 1. The summed E-state index contributed by atoms with van der Waals surface area (Å²) in [6.07, 6.45) is -4.53. The Bertz CT molecular complexity index is 477. The minimum atomic E-state index is -4.53. The van der Waals surface area contributed by atoms with E-state index in [-0.39, 0.29) is 17.8 Å². The van der Waals surface area contributed by atoms with Gasteiger partial charge >= 0.3 is 6.18 Å². The minimum absolute atomic E-state index is 0.0101. The van der Waals surface area contributed by atoms with Crippen LogP contribution in [0, 0.1) is 11.3 Å². The first-order valence-corrected chi connectivity index (χ1v) is 4.49. The number of amides is 1. The van der Waals surface area contributed by atoms with Gasteiger partial charge in [-0.05, 0) is 18.2 Å². The van der Waals surface area contributed by atoms with Crippen LogP contribution in [-0.2, 0) is 11.0 Å². The van der Waals surface area contributed by atoms with Crippen molar-refractivity contribution in [1.29, 1.82) is 5.26 Å². The predicted octanol–water partition coefficient (Wildman–Crippen LogP) is 1.47. The van der Waals surface area contributed by atoms with E-state index in [1.54, 1.807) is 6.07 Å². The number of anilines is 1. The molecule has 0 saturated heterocycles. The van der Waals surface area contributed by atoms with Crippen molar-refractivity contribution in [3.63, 3.8) is 0 Å². The Morgan fingerprint density at radius 3 is 2.59 bits per heavy atom. The highest BCUT2D eigenvalue weighted by Crippen LogP contribution is 2.31. The zero-order valence-corrected chi connectivity index (χ0v) is 8.51. The highest BCUT2D eigenvalue weighted by Gasteiger charge is 2.31. The van der Waals surface area contributed by atoms with Gasteiger partial charge in [0.2, 0.25) is 5.91 Å². The third-order valence-corrected chi connectivity index (χ3v) is 1.93. The van der Waals surface area contributed by atoms with Crippen molar-refractivity contribution in [2.45, 2.75) is 6.18 Å². The molecule has 0 atom stereocenters. The van der Waals surface area contributed by atoms with Gasteiger partial charge in [-0.3, -0.25) is 4.79 Å². The van der Waals surface area contributed by atoms with Gasteiger partial charge in [-0.15, -0.1) is 0 Å². The molecule has 0 aliphatic carbocycles. The largest absolute Gasteiger partial charge is 0.416 e. The van der Waals surface area contributed by atoms with Crippen molar-refractivity contribution in [2.75, 3.05) is 11.9 Å². The maximum atomic E-state index is 12.3. The average Bonchev–Trinajstić information content (AvgIpc) is 2.27. The summed E-state index contributed by atoms with van der Waals surface area (Å²) in [5.41, 5.74) is 3.84. The zero-order chi connectivity index (χ0) is 13.1. The van der Waals surface area contributed by atoms with E-state index in [4.69, 9.17) is 11.0 Å². The van der Waals surface area contributed by atoms with Crippen LogP contribution in [0.3, 0.4) is 0 Å². The number of rotatable bonds is 2. The van der Waals surface area contributed by atoms with E-state index in [2.05, 4.69) is 5.32 Å². The maximum Gasteiger partial charge on any atom is 0.416 e. The molecule has 1 aromatic carbocycles. The molecule has 4 nitrogen and oxygen atoms in total. The summed E-state index contributed by atoms with van der Waals surface area (Å²) in [5.74, 6) is -0.582. The summed E-state index contributed by atoms with van der Waals surface area (Å²) >= 11 is 0. The van der Waals surface area contributed by atoms with E-state index in [0.717, 1.165) is 12.1 Å². The van der Waals surface area contributed by atoms with E-state index in [0.29, 0.717) is 6.07 Å². The molecule has 0 saturated carbocycles. The normalized spacial score (nSPS) is 10.8. The lowest BCUT2D eigenvalue weighted by Gasteiger charge is -2.10. The second kappa shape index (κ2) is 4.84. The van der Waals surface area contributed by atoms with Gasteiger partial charge in [0.15, 0.2) is 0 Å². The van der Waals surface area contributed by atoms with E-state index >= 15 is 0 Å². The van der Waals surface area contributed by atoms with Crippen molar-refractivity contribution < 1.29 is 18.0 Å². The van der Waals surface area contributed by atoms with Crippen LogP contribution in [-0.4, -0.2) is 12.5 Å². The molecule has 1 amide bonds. The van der Waals surface area contributed by atoms with Crippen molar-refractivity contribution in [3.8, 4) is 6.07 Å². The van der Waals surface area contributed by atoms with Crippen molar-refractivity contribution in [2.24, 2.45) is 5.73 Å². The molecule has 1 rings (SSSR count). The molecule has 0 aliphatic heterocycles. The first-order valence-electron chi connectivity index (χ1n) is 4.49. The van der Waals surface area contributed by atoms with Crippen molar-refractivity contribution >= 4 is 11.6 Å². The first kappa shape index (κ1) is 13.0. The van der Waals surface area contributed by atoms with Crippen LogP contribution >= 0.6 is 0 Å². The molecule has 1 aromatic rings. The van der Waals surface area contributed by atoms with Crippen LogP contribution < -0.4 is 11.1 Å². The Labute approximate surface area is 94.8 Å². The summed E-state index contributed by atoms with van der Waals surface area (Å²) in [7, 11) is 0. The summed E-state index contributed by atoms with van der Waals surface area (Å²) in [6.45, 7) is -0.314. The van der Waals surface area contributed by atoms with Crippen molar-refractivity contribution in [1.82, 2.24) is 0 Å². The Kier molecular flexibility index (Phi) is 3.70. The van der Waals surface area contributed by atoms with E-state index in [9.17, 15) is 18.0 Å². The third kappa shape index (κ3) is 3.19. The fourth-order valence-corrected chi connectivity index (χ4v) is 1.12. The Balaban J connectivity index is 3.11. The highest BCUT2D eigenvalue weighted by molar-refractivity contribution is 5.93. The molecular formula is C10H8F3N3O. The molecule has 0 aliphatic rings. The zero-order valence-electron chi connectivity index (χ0n) is 8.51. The average molecular weight is 243 g/mol. The van der Waals surface area contributed by atoms with Gasteiger partial charge in [0.05, 0.1) is 23.4 Å². The van der Waals surface area contributed by atoms with E-state index in [1.807, 2.05) is 0 Å². The van der Waals surface area contributed by atoms with Crippen LogP contribution in [0.4, 0.5) is 18.9 Å². The van der Waals surface area contributed by atoms with Crippen LogP contribution in [0.2, 0.25) is 0 Å². The Hall–Kier alpha value is -2.07. The maximum absolute atomic E-state index is 12.3. The fourth-order valence-electron chi connectivity index (χ4n) is 1.12. The number of hydrogen-bond donors (Lipinski definition) is 2. The molecule has 0 spiro atoms. The summed E-state index contributed by atoms with van der Waals surface area (Å²) in [4.78, 5) is 11.0. The van der Waals surface area contributed by atoms with Gasteiger partial charge in [0, 0.05) is 0 Å². The molecule has 17 heavy (non-hydrogen) atoms. The number of benzene rings is 1. The van der Waals surface area contributed by atoms with Crippen LogP contribution in [0.5, 0.6) is 0 Å². The predicted molar refractivity (Wildman–Crippen MR) is 53.8 cm³/mol. The number of hydrogen-bond acceptors (Lipinski definition) is 3. The number of alkyl halides is 3. The lowest BCUT2D eigenvalue weighted by molar-refractivity contribution is -0.137. The lowest BCUT2D eigenvalue weighted by atomic mass is 10.1. The van der Waals surface area contributed by atoms with Gasteiger partial charge in [0.1, 0.15) is 6.07 Å². The van der Waals surface area contributed by atoms with E-state index < -0.39 is 17.6 Å². The number of nitrogens with one attached hydrogen (secondary N) is 1. The fraction of sp³-hybridized carbons (Fsp3) is 0.200. The topological polar surface area (TPSA) is 78.9 Å². The Morgan fingerprint density at radius 1 is 1.47 bits per heavy atom. The molecule has 0 bridgehead atoms. The molecule has 7 heteroatoms. The third-order valence-electron chi connectivity index (χ3n) is 1.93. The second-order valence-corrected chi connectivity index (χ2v) is 3.12. The van der Waals surface area contributed by atoms with E-state index in [1.165, 1.54) is 0 Å². The molecule has 0 fully saturated rings.